The van der Waals surface area contributed by atoms with Crippen LogP contribution in [-0.4, -0.2) is 49.1 Å². The molecule has 2 aliphatic rings. The highest BCUT2D eigenvalue weighted by Gasteiger charge is 2.28. The van der Waals surface area contributed by atoms with Gasteiger partial charge >= 0.3 is 0 Å². The topological polar surface area (TPSA) is 6.48 Å². The van der Waals surface area contributed by atoms with Crippen molar-refractivity contribution in [1.29, 1.82) is 0 Å². The highest BCUT2D eigenvalue weighted by atomic mass is 15.3. The van der Waals surface area contributed by atoms with E-state index in [0.29, 0.717) is 0 Å². The van der Waals surface area contributed by atoms with Crippen LogP contribution >= 0.6 is 0 Å². The molecule has 0 aromatic rings. The Morgan fingerprint density at radius 2 is 1.56 bits per heavy atom. The van der Waals surface area contributed by atoms with Gasteiger partial charge in [-0.2, -0.15) is 0 Å². The molecule has 2 nitrogen and oxygen atoms in total. The van der Waals surface area contributed by atoms with Gasteiger partial charge in [-0.3, -0.25) is 0 Å². The van der Waals surface area contributed by atoms with Gasteiger partial charge in [-0.25, -0.2) is 0 Å². The van der Waals surface area contributed by atoms with Crippen LogP contribution in [0.1, 0.15) is 52.4 Å². The summed E-state index contributed by atoms with van der Waals surface area (Å²) in [4.78, 5) is 5.38. The molecule has 0 aromatic heterocycles. The molecule has 1 heterocycles. The molecule has 1 aliphatic heterocycles. The van der Waals surface area contributed by atoms with Gasteiger partial charge in [-0.05, 0) is 37.6 Å². The summed E-state index contributed by atoms with van der Waals surface area (Å²) in [5.41, 5.74) is 0. The normalized spacial score (nSPS) is 30.3. The summed E-state index contributed by atoms with van der Waals surface area (Å²) in [6.45, 7) is 12.7. The third-order valence-electron chi connectivity index (χ3n) is 4.78. The van der Waals surface area contributed by atoms with E-state index in [2.05, 4.69) is 23.6 Å². The average Bonchev–Trinajstić information content (AvgIpc) is 2.35. The van der Waals surface area contributed by atoms with Gasteiger partial charge in [0.05, 0.1) is 0 Å². The van der Waals surface area contributed by atoms with Crippen LogP contribution in [0.2, 0.25) is 0 Å². The molecule has 0 spiro atoms. The Bertz CT molecular complexity index is 215. The quantitative estimate of drug-likeness (QED) is 0.642. The van der Waals surface area contributed by atoms with Crippen molar-refractivity contribution in [2.24, 2.45) is 11.8 Å². The zero-order chi connectivity index (χ0) is 12.8. The zero-order valence-corrected chi connectivity index (χ0v) is 12.5. The van der Waals surface area contributed by atoms with Gasteiger partial charge in [0.15, 0.2) is 0 Å². The van der Waals surface area contributed by atoms with Crippen molar-refractivity contribution in [3.8, 4) is 0 Å². The Kier molecular flexibility index (Phi) is 5.97. The van der Waals surface area contributed by atoms with Crippen molar-refractivity contribution in [2.45, 2.75) is 52.4 Å². The Morgan fingerprint density at radius 3 is 2.17 bits per heavy atom. The van der Waals surface area contributed by atoms with E-state index >= 15 is 0 Å². The largest absolute Gasteiger partial charge is 0.301 e. The first-order chi connectivity index (χ1) is 8.78. The van der Waals surface area contributed by atoms with Gasteiger partial charge in [0.2, 0.25) is 0 Å². The standard InChI is InChI=1S/C16H32N2/c1-3-4-5-6-7-17-8-10-18(11-9-17)14-16-12-15(2)13-16/h15-16H,3-14H2,1-2H3. The summed E-state index contributed by atoms with van der Waals surface area (Å²) in [7, 11) is 0. The van der Waals surface area contributed by atoms with Crippen molar-refractivity contribution in [1.82, 2.24) is 9.80 Å². The first-order valence-electron chi connectivity index (χ1n) is 8.22. The van der Waals surface area contributed by atoms with Crippen LogP contribution < -0.4 is 0 Å². The second kappa shape index (κ2) is 7.49. The minimum atomic E-state index is 1.01. The number of unbranched alkanes of at least 4 members (excludes halogenated alkanes) is 3. The van der Waals surface area contributed by atoms with Crippen molar-refractivity contribution in [3.05, 3.63) is 0 Å². The molecule has 0 N–H and O–H groups in total. The molecule has 0 aromatic carbocycles. The summed E-state index contributed by atoms with van der Waals surface area (Å²) >= 11 is 0. The van der Waals surface area contributed by atoms with Gasteiger partial charge in [-0.1, -0.05) is 33.1 Å². The lowest BCUT2D eigenvalue weighted by Crippen LogP contribution is -2.49. The molecule has 0 radical (unpaired) electrons. The molecule has 2 heteroatoms. The van der Waals surface area contributed by atoms with Crippen LogP contribution in [0, 0.1) is 11.8 Å². The van der Waals surface area contributed by atoms with Crippen LogP contribution in [0.25, 0.3) is 0 Å². The fourth-order valence-electron chi connectivity index (χ4n) is 3.54. The van der Waals surface area contributed by atoms with Gasteiger partial charge in [0.25, 0.3) is 0 Å². The summed E-state index contributed by atoms with van der Waals surface area (Å²) in [6, 6.07) is 0. The third-order valence-corrected chi connectivity index (χ3v) is 4.78. The molecule has 106 valence electrons. The van der Waals surface area contributed by atoms with Crippen LogP contribution in [0.3, 0.4) is 0 Å². The molecule has 1 aliphatic carbocycles. The lowest BCUT2D eigenvalue weighted by molar-refractivity contribution is 0.0827. The SMILES string of the molecule is CCCCCCN1CCN(CC2CC(C)C2)CC1. The Labute approximate surface area is 114 Å². The second-order valence-electron chi connectivity index (χ2n) is 6.65. The maximum Gasteiger partial charge on any atom is 0.0110 e. The molecule has 1 saturated carbocycles. The second-order valence-corrected chi connectivity index (χ2v) is 6.65. The van der Waals surface area contributed by atoms with Crippen LogP contribution in [0.15, 0.2) is 0 Å². The summed E-state index contributed by atoms with van der Waals surface area (Å²) in [6.07, 6.45) is 8.58. The fraction of sp³-hybridized carbons (Fsp3) is 1.00. The Hall–Kier alpha value is -0.0800. The molecule has 2 rings (SSSR count). The maximum atomic E-state index is 2.71. The minimum Gasteiger partial charge on any atom is -0.301 e. The first kappa shape index (κ1) is 14.3. The van der Waals surface area contributed by atoms with E-state index in [1.807, 2.05) is 0 Å². The predicted molar refractivity (Wildman–Crippen MR) is 78.9 cm³/mol. The van der Waals surface area contributed by atoms with Gasteiger partial charge in [0.1, 0.15) is 0 Å². The average molecular weight is 252 g/mol. The smallest absolute Gasteiger partial charge is 0.0110 e. The van der Waals surface area contributed by atoms with E-state index < -0.39 is 0 Å². The van der Waals surface area contributed by atoms with Crippen molar-refractivity contribution < 1.29 is 0 Å². The number of hydrogen-bond acceptors (Lipinski definition) is 2. The van der Waals surface area contributed by atoms with Gasteiger partial charge in [0, 0.05) is 32.7 Å². The van der Waals surface area contributed by atoms with Crippen LogP contribution in [0.4, 0.5) is 0 Å². The molecule has 0 unspecified atom stereocenters. The summed E-state index contributed by atoms with van der Waals surface area (Å²) < 4.78 is 0. The van der Waals surface area contributed by atoms with E-state index in [4.69, 9.17) is 0 Å². The molecule has 0 bridgehead atoms. The molecule has 0 atom stereocenters. The molecule has 0 amide bonds. The zero-order valence-electron chi connectivity index (χ0n) is 12.5. The predicted octanol–water partition coefficient (Wildman–Crippen LogP) is 3.23. The Morgan fingerprint density at radius 1 is 0.889 bits per heavy atom. The number of nitrogens with zero attached hydrogens (tertiary/aromatic N) is 2. The van der Waals surface area contributed by atoms with E-state index in [9.17, 15) is 0 Å². The monoisotopic (exact) mass is 252 g/mol. The van der Waals surface area contributed by atoms with Crippen molar-refractivity contribution >= 4 is 0 Å². The van der Waals surface area contributed by atoms with E-state index in [1.54, 1.807) is 0 Å². The molecular weight excluding hydrogens is 220 g/mol. The summed E-state index contributed by atoms with van der Waals surface area (Å²) in [5.74, 6) is 2.03. The lowest BCUT2D eigenvalue weighted by Gasteiger charge is -2.40. The van der Waals surface area contributed by atoms with Gasteiger partial charge in [-0.15, -0.1) is 0 Å². The van der Waals surface area contributed by atoms with E-state index in [0.717, 1.165) is 11.8 Å². The molecule has 2 fully saturated rings. The van der Waals surface area contributed by atoms with Gasteiger partial charge < -0.3 is 9.80 Å². The van der Waals surface area contributed by atoms with E-state index in [1.165, 1.54) is 77.8 Å². The lowest BCUT2D eigenvalue weighted by atomic mass is 9.76. The number of piperazine rings is 1. The van der Waals surface area contributed by atoms with Crippen molar-refractivity contribution in [2.75, 3.05) is 39.3 Å². The molecular formula is C16H32N2. The highest BCUT2D eigenvalue weighted by molar-refractivity contribution is 4.81. The molecule has 1 saturated heterocycles. The fourth-order valence-corrected chi connectivity index (χ4v) is 3.54. The van der Waals surface area contributed by atoms with Crippen molar-refractivity contribution in [3.63, 3.8) is 0 Å². The Balaban J connectivity index is 1.51. The van der Waals surface area contributed by atoms with E-state index in [-0.39, 0.29) is 0 Å². The number of hydrogen-bond donors (Lipinski definition) is 0. The molecule has 18 heavy (non-hydrogen) atoms. The van der Waals surface area contributed by atoms with Crippen LogP contribution in [0.5, 0.6) is 0 Å². The van der Waals surface area contributed by atoms with Crippen LogP contribution in [-0.2, 0) is 0 Å². The number of rotatable bonds is 7. The minimum absolute atomic E-state index is 1.01. The first-order valence-corrected chi connectivity index (χ1v) is 8.22. The highest BCUT2D eigenvalue weighted by Crippen LogP contribution is 2.33. The summed E-state index contributed by atoms with van der Waals surface area (Å²) in [5, 5.41) is 0. The maximum absolute atomic E-state index is 2.71. The third kappa shape index (κ3) is 4.55.